The molecular weight excluding hydrogens is 228 g/mol. The summed E-state index contributed by atoms with van der Waals surface area (Å²) in [5.41, 5.74) is 2.25. The van der Waals surface area contributed by atoms with Crippen molar-refractivity contribution in [3.63, 3.8) is 0 Å². The fourth-order valence-corrected chi connectivity index (χ4v) is 1.97. The fraction of sp³-hybridized carbons (Fsp3) is 0.231. The Bertz CT molecular complexity index is 571. The quantitative estimate of drug-likeness (QED) is 0.864. The molecule has 18 heavy (non-hydrogen) atoms. The molecule has 0 bridgehead atoms. The molecule has 92 valence electrons. The van der Waals surface area contributed by atoms with Gasteiger partial charge in [0.25, 0.3) is 0 Å². The lowest BCUT2D eigenvalue weighted by molar-refractivity contribution is 0.357. The van der Waals surface area contributed by atoms with E-state index in [2.05, 4.69) is 26.7 Å². The van der Waals surface area contributed by atoms with Crippen LogP contribution in [0.4, 0.5) is 17.3 Å². The number of rotatable bonds is 3. The van der Waals surface area contributed by atoms with E-state index in [0.717, 1.165) is 36.1 Å². The average Bonchev–Trinajstić information content (AvgIpc) is 2.86. The van der Waals surface area contributed by atoms with Gasteiger partial charge < -0.3 is 15.4 Å². The smallest absolute Gasteiger partial charge is 0.135 e. The molecule has 2 aromatic rings. The molecule has 0 fully saturated rings. The van der Waals surface area contributed by atoms with Crippen LogP contribution in [-0.2, 0) is 6.42 Å². The number of aromatic nitrogens is 2. The Kier molecular flexibility index (Phi) is 2.72. The van der Waals surface area contributed by atoms with Crippen LogP contribution in [0.2, 0.25) is 0 Å². The Balaban J connectivity index is 1.83. The minimum atomic E-state index is 0.771. The van der Waals surface area contributed by atoms with Crippen LogP contribution >= 0.6 is 0 Å². The predicted molar refractivity (Wildman–Crippen MR) is 70.5 cm³/mol. The first-order chi connectivity index (χ1) is 8.85. The first-order valence-corrected chi connectivity index (χ1v) is 5.88. The van der Waals surface area contributed by atoms with Crippen LogP contribution < -0.4 is 15.4 Å². The average molecular weight is 242 g/mol. The molecule has 0 spiro atoms. The van der Waals surface area contributed by atoms with Crippen molar-refractivity contribution in [3.8, 4) is 5.75 Å². The molecule has 0 aliphatic carbocycles. The normalized spacial score (nSPS) is 12.7. The van der Waals surface area contributed by atoms with Crippen LogP contribution in [0.1, 0.15) is 5.56 Å². The molecule has 0 saturated heterocycles. The van der Waals surface area contributed by atoms with Gasteiger partial charge in [0, 0.05) is 25.2 Å². The van der Waals surface area contributed by atoms with Gasteiger partial charge in [-0.1, -0.05) is 0 Å². The highest BCUT2D eigenvalue weighted by Crippen LogP contribution is 2.29. The summed E-state index contributed by atoms with van der Waals surface area (Å²) in [6.45, 7) is 0.774. The lowest BCUT2D eigenvalue weighted by Gasteiger charge is -2.08. The van der Waals surface area contributed by atoms with Gasteiger partial charge in [0.15, 0.2) is 0 Å². The highest BCUT2D eigenvalue weighted by molar-refractivity contribution is 5.61. The molecule has 0 unspecified atom stereocenters. The van der Waals surface area contributed by atoms with Crippen molar-refractivity contribution < 1.29 is 4.74 Å². The molecule has 0 radical (unpaired) electrons. The molecule has 3 rings (SSSR count). The van der Waals surface area contributed by atoms with Crippen molar-refractivity contribution in [3.05, 3.63) is 36.2 Å². The van der Waals surface area contributed by atoms with Crippen molar-refractivity contribution in [1.29, 1.82) is 0 Å². The van der Waals surface area contributed by atoms with Crippen LogP contribution in [0.15, 0.2) is 30.6 Å². The fourth-order valence-electron chi connectivity index (χ4n) is 1.97. The molecule has 5 nitrogen and oxygen atoms in total. The standard InChI is InChI=1S/C13H14N4O/c1-14-12-7-13(16-8-15-12)17-10-2-3-11-9(6-10)4-5-18-11/h2-3,6-8H,4-5H2,1H3,(H2,14,15,16,17). The number of fused-ring (bicyclic) bond motifs is 1. The van der Waals surface area contributed by atoms with E-state index in [0.29, 0.717) is 0 Å². The zero-order valence-electron chi connectivity index (χ0n) is 10.1. The maximum Gasteiger partial charge on any atom is 0.135 e. The third-order valence-corrected chi connectivity index (χ3v) is 2.89. The monoisotopic (exact) mass is 242 g/mol. The topological polar surface area (TPSA) is 59.1 Å². The van der Waals surface area contributed by atoms with Gasteiger partial charge in [-0.2, -0.15) is 0 Å². The molecule has 2 heterocycles. The zero-order chi connectivity index (χ0) is 12.4. The molecule has 1 aliphatic rings. The molecule has 5 heteroatoms. The van der Waals surface area contributed by atoms with E-state index >= 15 is 0 Å². The van der Waals surface area contributed by atoms with Gasteiger partial charge >= 0.3 is 0 Å². The van der Waals surface area contributed by atoms with Crippen molar-refractivity contribution in [2.24, 2.45) is 0 Å². The molecule has 2 N–H and O–H groups in total. The maximum absolute atomic E-state index is 5.48. The Labute approximate surface area is 105 Å². The zero-order valence-corrected chi connectivity index (χ0v) is 10.1. The lowest BCUT2D eigenvalue weighted by atomic mass is 10.1. The van der Waals surface area contributed by atoms with E-state index in [1.54, 1.807) is 0 Å². The van der Waals surface area contributed by atoms with Gasteiger partial charge in [-0.25, -0.2) is 9.97 Å². The Morgan fingerprint density at radius 3 is 2.94 bits per heavy atom. The van der Waals surface area contributed by atoms with E-state index in [-0.39, 0.29) is 0 Å². The molecule has 0 saturated carbocycles. The number of nitrogens with zero attached hydrogens (tertiary/aromatic N) is 2. The van der Waals surface area contributed by atoms with Crippen molar-refractivity contribution in [2.75, 3.05) is 24.3 Å². The summed E-state index contributed by atoms with van der Waals surface area (Å²) in [4.78, 5) is 8.26. The number of hydrogen-bond donors (Lipinski definition) is 2. The third-order valence-electron chi connectivity index (χ3n) is 2.89. The molecule has 0 atom stereocenters. The summed E-state index contributed by atoms with van der Waals surface area (Å²) >= 11 is 0. The Hall–Kier alpha value is -2.30. The highest BCUT2D eigenvalue weighted by Gasteiger charge is 2.12. The van der Waals surface area contributed by atoms with E-state index in [1.165, 1.54) is 11.9 Å². The maximum atomic E-state index is 5.48. The lowest BCUT2D eigenvalue weighted by Crippen LogP contribution is -1.98. The van der Waals surface area contributed by atoms with Crippen LogP contribution in [0.25, 0.3) is 0 Å². The summed E-state index contributed by atoms with van der Waals surface area (Å²) in [7, 11) is 1.83. The second-order valence-corrected chi connectivity index (χ2v) is 4.08. The van der Waals surface area contributed by atoms with E-state index in [4.69, 9.17) is 4.74 Å². The van der Waals surface area contributed by atoms with Gasteiger partial charge in [0.1, 0.15) is 23.7 Å². The minimum Gasteiger partial charge on any atom is -0.493 e. The number of ether oxygens (including phenoxy) is 1. The number of benzene rings is 1. The van der Waals surface area contributed by atoms with E-state index in [9.17, 15) is 0 Å². The summed E-state index contributed by atoms with van der Waals surface area (Å²) in [6, 6.07) is 7.95. The summed E-state index contributed by atoms with van der Waals surface area (Å²) in [5, 5.41) is 6.25. The largest absolute Gasteiger partial charge is 0.493 e. The van der Waals surface area contributed by atoms with Crippen LogP contribution in [-0.4, -0.2) is 23.6 Å². The Morgan fingerprint density at radius 2 is 2.06 bits per heavy atom. The third kappa shape index (κ3) is 2.07. The predicted octanol–water partition coefficient (Wildman–Crippen LogP) is 2.20. The second kappa shape index (κ2) is 4.52. The summed E-state index contributed by atoms with van der Waals surface area (Å²) < 4.78 is 5.48. The second-order valence-electron chi connectivity index (χ2n) is 4.08. The van der Waals surface area contributed by atoms with Crippen molar-refractivity contribution in [2.45, 2.75) is 6.42 Å². The van der Waals surface area contributed by atoms with Gasteiger partial charge in [0.2, 0.25) is 0 Å². The van der Waals surface area contributed by atoms with Gasteiger partial charge in [0.05, 0.1) is 6.61 Å². The number of nitrogens with one attached hydrogen (secondary N) is 2. The summed E-state index contributed by atoms with van der Waals surface area (Å²) in [6.07, 6.45) is 2.50. The van der Waals surface area contributed by atoms with Crippen LogP contribution in [0.5, 0.6) is 5.75 Å². The first kappa shape index (κ1) is 10.8. The van der Waals surface area contributed by atoms with E-state index in [1.807, 2.05) is 25.2 Å². The van der Waals surface area contributed by atoms with E-state index < -0.39 is 0 Å². The molecule has 1 aliphatic heterocycles. The number of hydrogen-bond acceptors (Lipinski definition) is 5. The first-order valence-electron chi connectivity index (χ1n) is 5.88. The minimum absolute atomic E-state index is 0.771. The van der Waals surface area contributed by atoms with Crippen molar-refractivity contribution >= 4 is 17.3 Å². The van der Waals surface area contributed by atoms with Gasteiger partial charge in [-0.3, -0.25) is 0 Å². The molecule has 1 aromatic carbocycles. The molecular formula is C13H14N4O. The molecule has 1 aromatic heterocycles. The Morgan fingerprint density at radius 1 is 1.17 bits per heavy atom. The number of anilines is 3. The van der Waals surface area contributed by atoms with Gasteiger partial charge in [-0.05, 0) is 23.8 Å². The molecule has 0 amide bonds. The SMILES string of the molecule is CNc1cc(Nc2ccc3c(c2)CCO3)ncn1. The summed E-state index contributed by atoms with van der Waals surface area (Å²) in [5.74, 6) is 2.55. The van der Waals surface area contributed by atoms with Crippen LogP contribution in [0.3, 0.4) is 0 Å². The van der Waals surface area contributed by atoms with Crippen molar-refractivity contribution in [1.82, 2.24) is 9.97 Å². The van der Waals surface area contributed by atoms with Crippen LogP contribution in [0, 0.1) is 0 Å². The van der Waals surface area contributed by atoms with Gasteiger partial charge in [-0.15, -0.1) is 0 Å². The highest BCUT2D eigenvalue weighted by atomic mass is 16.5.